The number of carboxylic acids is 1. The summed E-state index contributed by atoms with van der Waals surface area (Å²) in [5.41, 5.74) is 0.339. The first-order valence-corrected chi connectivity index (χ1v) is 6.50. The molecule has 9 heteroatoms. The fourth-order valence-corrected chi connectivity index (χ4v) is 2.10. The van der Waals surface area contributed by atoms with Crippen LogP contribution in [0.1, 0.15) is 5.56 Å². The molecule has 0 bridgehead atoms. The van der Waals surface area contributed by atoms with E-state index in [9.17, 15) is 18.0 Å². The molecule has 1 rings (SSSR count). The zero-order valence-corrected chi connectivity index (χ0v) is 10.7. The number of carboxylic acid groups (broad SMARTS) is 1. The van der Waals surface area contributed by atoms with Gasteiger partial charge in [-0.2, -0.15) is 8.42 Å². The summed E-state index contributed by atoms with van der Waals surface area (Å²) >= 11 is 0. The fraction of sp³-hybridized carbons (Fsp3) is 0.200. The van der Waals surface area contributed by atoms with E-state index >= 15 is 0 Å². The van der Waals surface area contributed by atoms with Crippen molar-refractivity contribution in [3.8, 4) is 0 Å². The van der Waals surface area contributed by atoms with Crippen molar-refractivity contribution < 1.29 is 27.9 Å². The summed E-state index contributed by atoms with van der Waals surface area (Å²) in [5, 5.41) is 8.71. The summed E-state index contributed by atoms with van der Waals surface area (Å²) in [6.07, 6.45) is -1.50. The smallest absolute Gasteiger partial charge is 0.422 e. The van der Waals surface area contributed by atoms with Crippen molar-refractivity contribution >= 4 is 28.0 Å². The van der Waals surface area contributed by atoms with Crippen LogP contribution in [0, 0.1) is 0 Å². The minimum Gasteiger partial charge on any atom is -0.481 e. The number of carbonyl (C=O) groups excluding carboxylic acids is 1. The topological polar surface area (TPSA) is 122 Å². The Morgan fingerprint density at radius 1 is 1.32 bits per heavy atom. The molecule has 0 fully saturated rings. The van der Waals surface area contributed by atoms with Gasteiger partial charge >= 0.3 is 22.3 Å². The minimum absolute atomic E-state index is 0.0707. The van der Waals surface area contributed by atoms with Crippen LogP contribution in [0.15, 0.2) is 24.3 Å². The number of benzene rings is 1. The first kappa shape index (κ1) is 14.8. The van der Waals surface area contributed by atoms with E-state index in [0.29, 0.717) is 0 Å². The van der Waals surface area contributed by atoms with Crippen molar-refractivity contribution in [2.45, 2.75) is 6.42 Å². The molecule has 8 nitrogen and oxygen atoms in total. The Labute approximate surface area is 109 Å². The second-order valence-electron chi connectivity index (χ2n) is 3.43. The molecule has 1 amide bonds. The lowest BCUT2D eigenvalue weighted by Gasteiger charge is -2.11. The van der Waals surface area contributed by atoms with Gasteiger partial charge < -0.3 is 9.84 Å². The maximum atomic E-state index is 11.5. The lowest BCUT2D eigenvalue weighted by molar-refractivity contribution is -0.136. The first-order valence-electron chi connectivity index (χ1n) is 5.02. The number of amides is 1. The monoisotopic (exact) mass is 288 g/mol. The third-order valence-corrected chi connectivity index (χ3v) is 2.93. The quantitative estimate of drug-likeness (QED) is 0.717. The Balaban J connectivity index is 2.93. The number of ether oxygens (including phenoxy) is 1. The molecule has 1 aromatic rings. The number of carbonyl (C=O) groups is 2. The van der Waals surface area contributed by atoms with Crippen LogP contribution in [0.25, 0.3) is 0 Å². The average Bonchev–Trinajstić information content (AvgIpc) is 2.30. The number of hydrogen-bond donors (Lipinski definition) is 3. The fourth-order valence-electron chi connectivity index (χ4n) is 1.26. The molecule has 0 spiro atoms. The van der Waals surface area contributed by atoms with Gasteiger partial charge in [0, 0.05) is 0 Å². The second-order valence-corrected chi connectivity index (χ2v) is 4.84. The standard InChI is InChI=1S/C10H12N2O6S/c1-18-10(15)12-19(16,17)11-8-5-3-2-4-7(8)6-9(13)14/h2-5,11H,6H2,1H3,(H,12,15)(H,13,14). The molecule has 3 N–H and O–H groups in total. The predicted molar refractivity (Wildman–Crippen MR) is 65.9 cm³/mol. The molecule has 104 valence electrons. The predicted octanol–water partition coefficient (Wildman–Crippen LogP) is 0.326. The number of para-hydroxylation sites is 1. The van der Waals surface area contributed by atoms with Crippen LogP contribution >= 0.6 is 0 Å². The van der Waals surface area contributed by atoms with Gasteiger partial charge in [0.25, 0.3) is 0 Å². The number of aliphatic carboxylic acids is 1. The lowest BCUT2D eigenvalue weighted by atomic mass is 10.1. The summed E-state index contributed by atoms with van der Waals surface area (Å²) in [5.74, 6) is -1.10. The molecule has 0 aliphatic heterocycles. The van der Waals surface area contributed by atoms with E-state index < -0.39 is 22.3 Å². The Kier molecular flexibility index (Phi) is 4.70. The van der Waals surface area contributed by atoms with Crippen LogP contribution in [0.3, 0.4) is 0 Å². The van der Waals surface area contributed by atoms with Gasteiger partial charge in [-0.3, -0.25) is 9.52 Å². The van der Waals surface area contributed by atoms with E-state index in [1.54, 1.807) is 10.8 Å². The van der Waals surface area contributed by atoms with Crippen LogP contribution in [-0.4, -0.2) is 32.7 Å². The van der Waals surface area contributed by atoms with Crippen molar-refractivity contribution in [2.24, 2.45) is 0 Å². The highest BCUT2D eigenvalue weighted by Crippen LogP contribution is 2.16. The lowest BCUT2D eigenvalue weighted by Crippen LogP contribution is -2.35. The summed E-state index contributed by atoms with van der Waals surface area (Å²) in [6, 6.07) is 5.95. The van der Waals surface area contributed by atoms with E-state index in [-0.39, 0.29) is 17.7 Å². The molecule has 0 aliphatic carbocycles. The maximum Gasteiger partial charge on any atom is 0.422 e. The van der Waals surface area contributed by atoms with Gasteiger partial charge in [0.1, 0.15) is 0 Å². The normalized spacial score (nSPS) is 10.6. The minimum atomic E-state index is -4.17. The Morgan fingerprint density at radius 3 is 2.53 bits per heavy atom. The number of methoxy groups -OCH3 is 1. The molecular formula is C10H12N2O6S. The van der Waals surface area contributed by atoms with E-state index in [2.05, 4.69) is 9.46 Å². The summed E-state index contributed by atoms with van der Waals surface area (Å²) in [4.78, 5) is 21.5. The molecule has 0 atom stereocenters. The molecule has 0 unspecified atom stereocenters. The molecule has 0 heterocycles. The number of anilines is 1. The maximum absolute atomic E-state index is 11.5. The molecule has 0 radical (unpaired) electrons. The highest BCUT2D eigenvalue weighted by molar-refractivity contribution is 7.91. The zero-order valence-electron chi connectivity index (χ0n) is 9.91. The zero-order chi connectivity index (χ0) is 14.5. The Bertz CT molecular complexity index is 583. The number of hydrogen-bond acceptors (Lipinski definition) is 5. The van der Waals surface area contributed by atoms with Gasteiger partial charge in [-0.15, -0.1) is 0 Å². The van der Waals surface area contributed by atoms with Crippen molar-refractivity contribution in [3.63, 3.8) is 0 Å². The van der Waals surface area contributed by atoms with Crippen molar-refractivity contribution in [1.82, 2.24) is 4.72 Å². The van der Waals surface area contributed by atoms with Crippen molar-refractivity contribution in [1.29, 1.82) is 0 Å². The second kappa shape index (κ2) is 6.05. The van der Waals surface area contributed by atoms with Gasteiger partial charge in [0.2, 0.25) is 0 Å². The number of rotatable bonds is 5. The number of nitrogens with one attached hydrogen (secondary N) is 2. The van der Waals surface area contributed by atoms with E-state index in [1.807, 2.05) is 0 Å². The molecular weight excluding hydrogens is 276 g/mol. The average molecular weight is 288 g/mol. The molecule has 19 heavy (non-hydrogen) atoms. The van der Waals surface area contributed by atoms with Crippen LogP contribution in [0.4, 0.5) is 10.5 Å². The SMILES string of the molecule is COC(=O)NS(=O)(=O)Nc1ccccc1CC(=O)O. The van der Waals surface area contributed by atoms with Gasteiger partial charge in [-0.1, -0.05) is 18.2 Å². The molecule has 0 saturated heterocycles. The third-order valence-electron chi connectivity index (χ3n) is 2.01. The van der Waals surface area contributed by atoms with Gasteiger partial charge in [-0.25, -0.2) is 9.52 Å². The Hall–Kier alpha value is -2.29. The van der Waals surface area contributed by atoms with E-state index in [1.165, 1.54) is 18.2 Å². The molecule has 1 aromatic carbocycles. The summed E-state index contributed by atoms with van der Waals surface area (Å²) in [7, 11) is -3.15. The van der Waals surface area contributed by atoms with Crippen LogP contribution in [0.5, 0.6) is 0 Å². The van der Waals surface area contributed by atoms with E-state index in [0.717, 1.165) is 7.11 Å². The van der Waals surface area contributed by atoms with Crippen molar-refractivity contribution in [3.05, 3.63) is 29.8 Å². The van der Waals surface area contributed by atoms with Crippen LogP contribution in [0.2, 0.25) is 0 Å². The highest BCUT2D eigenvalue weighted by Gasteiger charge is 2.16. The molecule has 0 aromatic heterocycles. The largest absolute Gasteiger partial charge is 0.481 e. The van der Waals surface area contributed by atoms with Crippen LogP contribution in [-0.2, 0) is 26.2 Å². The molecule has 0 saturated carbocycles. The van der Waals surface area contributed by atoms with Gasteiger partial charge in [0.05, 0.1) is 19.2 Å². The third kappa shape index (κ3) is 4.84. The summed E-state index contributed by atoms with van der Waals surface area (Å²) in [6.45, 7) is 0. The Morgan fingerprint density at radius 2 is 1.95 bits per heavy atom. The first-order chi connectivity index (χ1) is 8.84. The molecule has 0 aliphatic rings. The van der Waals surface area contributed by atoms with Gasteiger partial charge in [0.15, 0.2) is 0 Å². The van der Waals surface area contributed by atoms with Crippen LogP contribution < -0.4 is 9.44 Å². The van der Waals surface area contributed by atoms with Crippen molar-refractivity contribution in [2.75, 3.05) is 11.8 Å². The highest BCUT2D eigenvalue weighted by atomic mass is 32.2. The summed E-state index contributed by atoms with van der Waals surface area (Å²) < 4.78 is 30.9. The van der Waals surface area contributed by atoms with Gasteiger partial charge in [-0.05, 0) is 11.6 Å². The van der Waals surface area contributed by atoms with E-state index in [4.69, 9.17) is 5.11 Å².